The first-order chi connectivity index (χ1) is 9.40. The number of aliphatic hydroxyl groups is 1. The van der Waals surface area contributed by atoms with Gasteiger partial charge in [0.2, 0.25) is 0 Å². The lowest BCUT2D eigenvalue weighted by Gasteiger charge is -2.16. The second-order valence-corrected chi connectivity index (χ2v) is 4.85. The number of alkyl halides is 3. The molecule has 2 nitrogen and oxygen atoms in total. The maximum atomic E-state index is 13.0. The minimum Gasteiger partial charge on any atom is -0.396 e. The Balaban J connectivity index is 2.05. The Kier molecular flexibility index (Phi) is 4.45. The largest absolute Gasteiger partial charge is 0.416 e. The van der Waals surface area contributed by atoms with Crippen molar-refractivity contribution in [3.05, 3.63) is 47.3 Å². The van der Waals surface area contributed by atoms with Gasteiger partial charge in [0.15, 0.2) is 0 Å². The van der Waals surface area contributed by atoms with Crippen molar-refractivity contribution in [3.63, 3.8) is 0 Å². The van der Waals surface area contributed by atoms with Crippen LogP contribution in [0.5, 0.6) is 0 Å². The Bertz CT molecular complexity index is 498. The third kappa shape index (κ3) is 3.58. The maximum absolute atomic E-state index is 13.0. The van der Waals surface area contributed by atoms with Gasteiger partial charge in [-0.2, -0.15) is 13.2 Å². The van der Waals surface area contributed by atoms with E-state index < -0.39 is 17.6 Å². The summed E-state index contributed by atoms with van der Waals surface area (Å²) in [5, 5.41) is 12.0. The van der Waals surface area contributed by atoms with Gasteiger partial charge < -0.3 is 10.4 Å². The van der Waals surface area contributed by atoms with E-state index in [-0.39, 0.29) is 30.7 Å². The lowest BCUT2D eigenvalue weighted by molar-refractivity contribution is -0.138. The molecule has 1 aromatic rings. The van der Waals surface area contributed by atoms with Crippen molar-refractivity contribution in [2.75, 3.05) is 6.61 Å². The zero-order valence-electron chi connectivity index (χ0n) is 10.6. The second kappa shape index (κ2) is 5.93. The molecule has 0 bridgehead atoms. The molecule has 0 aliphatic heterocycles. The molecule has 0 fully saturated rings. The summed E-state index contributed by atoms with van der Waals surface area (Å²) in [4.78, 5) is 0. The Hall–Kier alpha value is -1.40. The van der Waals surface area contributed by atoms with Crippen molar-refractivity contribution in [1.82, 2.24) is 5.32 Å². The van der Waals surface area contributed by atoms with E-state index in [2.05, 4.69) is 5.32 Å². The van der Waals surface area contributed by atoms with Crippen LogP contribution in [0, 0.1) is 11.7 Å². The van der Waals surface area contributed by atoms with E-state index in [4.69, 9.17) is 5.11 Å². The highest BCUT2D eigenvalue weighted by atomic mass is 19.4. The highest BCUT2D eigenvalue weighted by Gasteiger charge is 2.33. The van der Waals surface area contributed by atoms with E-state index in [9.17, 15) is 17.6 Å². The van der Waals surface area contributed by atoms with Gasteiger partial charge in [-0.25, -0.2) is 4.39 Å². The van der Waals surface area contributed by atoms with E-state index in [1.807, 2.05) is 12.2 Å². The molecule has 20 heavy (non-hydrogen) atoms. The Morgan fingerprint density at radius 2 is 2.00 bits per heavy atom. The van der Waals surface area contributed by atoms with Crippen LogP contribution in [-0.4, -0.2) is 17.8 Å². The van der Waals surface area contributed by atoms with E-state index in [0.717, 1.165) is 12.1 Å². The smallest absolute Gasteiger partial charge is 0.396 e. The van der Waals surface area contributed by atoms with Gasteiger partial charge in [-0.3, -0.25) is 0 Å². The summed E-state index contributed by atoms with van der Waals surface area (Å²) in [5.74, 6) is -0.856. The zero-order chi connectivity index (χ0) is 14.8. The monoisotopic (exact) mass is 289 g/mol. The summed E-state index contributed by atoms with van der Waals surface area (Å²) in [6, 6.07) is 2.61. The van der Waals surface area contributed by atoms with Gasteiger partial charge in [0, 0.05) is 25.1 Å². The molecule has 2 N–H and O–H groups in total. The molecule has 0 saturated carbocycles. The Morgan fingerprint density at radius 3 is 2.60 bits per heavy atom. The van der Waals surface area contributed by atoms with Gasteiger partial charge in [-0.15, -0.1) is 0 Å². The van der Waals surface area contributed by atoms with Crippen molar-refractivity contribution in [2.24, 2.45) is 5.92 Å². The number of halogens is 4. The highest BCUT2D eigenvalue weighted by Crippen LogP contribution is 2.32. The molecule has 2 atom stereocenters. The summed E-state index contributed by atoms with van der Waals surface area (Å²) >= 11 is 0. The minimum atomic E-state index is -4.57. The maximum Gasteiger partial charge on any atom is 0.416 e. The molecule has 0 saturated heterocycles. The van der Waals surface area contributed by atoms with Crippen LogP contribution >= 0.6 is 0 Å². The lowest BCUT2D eigenvalue weighted by atomic mass is 10.1. The molecule has 0 aromatic heterocycles. The predicted molar refractivity (Wildman–Crippen MR) is 66.4 cm³/mol. The molecular formula is C14H15F4NO. The van der Waals surface area contributed by atoms with Crippen LogP contribution in [0.4, 0.5) is 17.6 Å². The van der Waals surface area contributed by atoms with Crippen LogP contribution in [0.3, 0.4) is 0 Å². The van der Waals surface area contributed by atoms with Gasteiger partial charge in [0.05, 0.1) is 5.56 Å². The predicted octanol–water partition coefficient (Wildman–Crippen LogP) is 2.87. The first-order valence-corrected chi connectivity index (χ1v) is 6.28. The van der Waals surface area contributed by atoms with E-state index >= 15 is 0 Å². The molecule has 1 aliphatic carbocycles. The summed E-state index contributed by atoms with van der Waals surface area (Å²) in [6.45, 7) is 0.0291. The van der Waals surface area contributed by atoms with Gasteiger partial charge in [-0.05, 0) is 24.1 Å². The minimum absolute atomic E-state index is 0.00226. The van der Waals surface area contributed by atoms with Crippen LogP contribution in [0.15, 0.2) is 30.4 Å². The van der Waals surface area contributed by atoms with Crippen molar-refractivity contribution in [3.8, 4) is 0 Å². The highest BCUT2D eigenvalue weighted by molar-refractivity contribution is 5.30. The average Bonchev–Trinajstić information content (AvgIpc) is 2.84. The normalized spacial score (nSPS) is 22.4. The molecule has 0 unspecified atom stereocenters. The van der Waals surface area contributed by atoms with Gasteiger partial charge in [0.25, 0.3) is 0 Å². The molecule has 0 spiro atoms. The number of rotatable bonds is 4. The van der Waals surface area contributed by atoms with Crippen molar-refractivity contribution in [1.29, 1.82) is 0 Å². The van der Waals surface area contributed by atoms with Crippen LogP contribution in [-0.2, 0) is 12.7 Å². The first kappa shape index (κ1) is 15.0. The zero-order valence-corrected chi connectivity index (χ0v) is 10.6. The molecule has 2 rings (SSSR count). The first-order valence-electron chi connectivity index (χ1n) is 6.28. The Morgan fingerprint density at radius 1 is 1.25 bits per heavy atom. The molecular weight excluding hydrogens is 274 g/mol. The standard InChI is InChI=1S/C14H15F4NO/c15-11-3-2-10(13(6-11)14(16,17)18)7-19-12-4-1-9(5-12)8-20/h1-4,6,9,12,19-20H,5,7-8H2/t9-,12+/m0/s1. The molecule has 0 amide bonds. The van der Waals surface area contributed by atoms with E-state index in [1.54, 1.807) is 0 Å². The number of hydrogen-bond donors (Lipinski definition) is 2. The molecule has 1 aliphatic rings. The fraction of sp³-hybridized carbons (Fsp3) is 0.429. The third-order valence-electron chi connectivity index (χ3n) is 3.34. The number of benzene rings is 1. The summed E-state index contributed by atoms with van der Waals surface area (Å²) in [6.07, 6.45) is -0.248. The van der Waals surface area contributed by atoms with Crippen LogP contribution in [0.25, 0.3) is 0 Å². The van der Waals surface area contributed by atoms with Gasteiger partial charge >= 0.3 is 6.18 Å². The van der Waals surface area contributed by atoms with E-state index in [1.165, 1.54) is 0 Å². The average molecular weight is 289 g/mol. The van der Waals surface area contributed by atoms with Gasteiger partial charge in [0.1, 0.15) is 5.82 Å². The molecule has 6 heteroatoms. The van der Waals surface area contributed by atoms with Crippen molar-refractivity contribution < 1.29 is 22.7 Å². The van der Waals surface area contributed by atoms with Crippen LogP contribution in [0.1, 0.15) is 17.5 Å². The lowest BCUT2D eigenvalue weighted by Crippen LogP contribution is -2.27. The van der Waals surface area contributed by atoms with Crippen molar-refractivity contribution in [2.45, 2.75) is 25.2 Å². The van der Waals surface area contributed by atoms with Gasteiger partial charge in [-0.1, -0.05) is 18.2 Å². The molecule has 0 radical (unpaired) electrons. The topological polar surface area (TPSA) is 32.3 Å². The van der Waals surface area contributed by atoms with E-state index in [0.29, 0.717) is 12.5 Å². The molecule has 0 heterocycles. The Labute approximate surface area is 114 Å². The summed E-state index contributed by atoms with van der Waals surface area (Å²) in [7, 11) is 0. The summed E-state index contributed by atoms with van der Waals surface area (Å²) in [5.41, 5.74) is -0.939. The van der Waals surface area contributed by atoms with Crippen molar-refractivity contribution >= 4 is 0 Å². The number of aliphatic hydroxyl groups excluding tert-OH is 1. The van der Waals surface area contributed by atoms with Crippen LogP contribution < -0.4 is 5.32 Å². The van der Waals surface area contributed by atoms with Crippen LogP contribution in [0.2, 0.25) is 0 Å². The number of nitrogens with one attached hydrogen (secondary N) is 1. The SMILES string of the molecule is OC[C@H]1C=C[C@@H](NCc2ccc(F)cc2C(F)(F)F)C1. The third-order valence-corrected chi connectivity index (χ3v) is 3.34. The molecule has 1 aromatic carbocycles. The molecule has 110 valence electrons. The quantitative estimate of drug-likeness (QED) is 0.660. The second-order valence-electron chi connectivity index (χ2n) is 4.85. The fourth-order valence-electron chi connectivity index (χ4n) is 2.27. The summed E-state index contributed by atoms with van der Waals surface area (Å²) < 4.78 is 51.4. The fourth-order valence-corrected chi connectivity index (χ4v) is 2.27. The number of hydrogen-bond acceptors (Lipinski definition) is 2.